The molecule has 116 valence electrons. The van der Waals surface area contributed by atoms with Crippen LogP contribution in [0.1, 0.15) is 11.3 Å². The van der Waals surface area contributed by atoms with E-state index in [-0.39, 0.29) is 5.56 Å². The summed E-state index contributed by atoms with van der Waals surface area (Å²) in [5.41, 5.74) is 2.48. The maximum Gasteiger partial charge on any atom is 0.295 e. The summed E-state index contributed by atoms with van der Waals surface area (Å²) in [6.07, 6.45) is 0. The van der Waals surface area contributed by atoms with Gasteiger partial charge in [0.2, 0.25) is 5.95 Å². The fourth-order valence-corrected chi connectivity index (χ4v) is 2.68. The summed E-state index contributed by atoms with van der Waals surface area (Å²) in [4.78, 5) is 16.2. The molecule has 0 atom stereocenters. The van der Waals surface area contributed by atoms with Crippen LogP contribution in [0, 0.1) is 13.8 Å². The minimum absolute atomic E-state index is 0.300. The lowest BCUT2D eigenvalue weighted by atomic mass is 10.2. The van der Waals surface area contributed by atoms with Crippen LogP contribution in [0.3, 0.4) is 0 Å². The standard InChI is InChI=1S/C15H20N6O/c1-11-4-3-5-13(10-11)19-6-8-20(9-7-19)15-18-17-12(2)14(22)21(15)16/h3-5,10H,6-9,16H2,1-2H3. The number of rotatable bonds is 2. The van der Waals surface area contributed by atoms with Crippen molar-refractivity contribution in [1.29, 1.82) is 0 Å². The molecule has 1 aromatic heterocycles. The first kappa shape index (κ1) is 14.4. The highest BCUT2D eigenvalue weighted by Gasteiger charge is 2.21. The van der Waals surface area contributed by atoms with E-state index in [9.17, 15) is 4.79 Å². The Hall–Kier alpha value is -2.57. The zero-order chi connectivity index (χ0) is 15.7. The lowest BCUT2D eigenvalue weighted by Crippen LogP contribution is -2.49. The van der Waals surface area contributed by atoms with Crippen LogP contribution in [-0.2, 0) is 0 Å². The quantitative estimate of drug-likeness (QED) is 0.803. The third-order valence-electron chi connectivity index (χ3n) is 3.96. The number of hydrogen-bond donors (Lipinski definition) is 1. The molecule has 22 heavy (non-hydrogen) atoms. The zero-order valence-electron chi connectivity index (χ0n) is 12.9. The van der Waals surface area contributed by atoms with Gasteiger partial charge in [-0.3, -0.25) is 4.79 Å². The van der Waals surface area contributed by atoms with Gasteiger partial charge in [0.15, 0.2) is 0 Å². The third kappa shape index (κ3) is 2.61. The second kappa shape index (κ2) is 5.67. The van der Waals surface area contributed by atoms with E-state index in [0.717, 1.165) is 30.9 Å². The van der Waals surface area contributed by atoms with Crippen LogP contribution in [0.15, 0.2) is 29.1 Å². The molecule has 0 radical (unpaired) electrons. The smallest absolute Gasteiger partial charge is 0.295 e. The fraction of sp³-hybridized carbons (Fsp3) is 0.400. The molecule has 0 bridgehead atoms. The lowest BCUT2D eigenvalue weighted by Gasteiger charge is -2.36. The predicted octanol–water partition coefficient (Wildman–Crippen LogP) is 0.296. The maximum absolute atomic E-state index is 11.9. The van der Waals surface area contributed by atoms with E-state index in [2.05, 4.69) is 46.3 Å². The van der Waals surface area contributed by atoms with Gasteiger partial charge in [0, 0.05) is 31.9 Å². The molecule has 1 aliphatic rings. The second-order valence-electron chi connectivity index (χ2n) is 5.57. The first-order valence-electron chi connectivity index (χ1n) is 7.34. The lowest BCUT2D eigenvalue weighted by molar-refractivity contribution is 0.615. The van der Waals surface area contributed by atoms with Gasteiger partial charge in [0.25, 0.3) is 5.56 Å². The summed E-state index contributed by atoms with van der Waals surface area (Å²) in [5, 5.41) is 7.95. The minimum atomic E-state index is -0.300. The summed E-state index contributed by atoms with van der Waals surface area (Å²) < 4.78 is 1.09. The molecular formula is C15H20N6O. The molecule has 2 heterocycles. The van der Waals surface area contributed by atoms with Crippen molar-refractivity contribution in [3.8, 4) is 0 Å². The summed E-state index contributed by atoms with van der Waals surface area (Å²) >= 11 is 0. The molecule has 1 fully saturated rings. The van der Waals surface area contributed by atoms with E-state index < -0.39 is 0 Å². The normalized spacial score (nSPS) is 15.2. The van der Waals surface area contributed by atoms with Gasteiger partial charge in [-0.2, -0.15) is 4.68 Å². The first-order chi connectivity index (χ1) is 10.6. The van der Waals surface area contributed by atoms with Crippen LogP contribution in [0.25, 0.3) is 0 Å². The first-order valence-corrected chi connectivity index (χ1v) is 7.34. The van der Waals surface area contributed by atoms with Gasteiger partial charge in [-0.1, -0.05) is 12.1 Å². The topological polar surface area (TPSA) is 80.3 Å². The van der Waals surface area contributed by atoms with Crippen LogP contribution < -0.4 is 21.2 Å². The monoisotopic (exact) mass is 300 g/mol. The van der Waals surface area contributed by atoms with Crippen LogP contribution in [0.5, 0.6) is 0 Å². The number of piperazine rings is 1. The van der Waals surface area contributed by atoms with Gasteiger partial charge >= 0.3 is 0 Å². The molecular weight excluding hydrogens is 280 g/mol. The molecule has 0 aliphatic carbocycles. The Bertz CT molecular complexity index is 733. The molecule has 1 aromatic carbocycles. The average molecular weight is 300 g/mol. The Kier molecular flexibility index (Phi) is 3.70. The van der Waals surface area contributed by atoms with Crippen LogP contribution in [0.2, 0.25) is 0 Å². The Labute approximate surface area is 129 Å². The molecule has 2 aromatic rings. The number of nitrogen functional groups attached to an aromatic ring is 1. The Balaban J connectivity index is 1.75. The molecule has 2 N–H and O–H groups in total. The van der Waals surface area contributed by atoms with Crippen molar-refractivity contribution in [1.82, 2.24) is 14.9 Å². The number of hydrogen-bond acceptors (Lipinski definition) is 6. The molecule has 0 amide bonds. The van der Waals surface area contributed by atoms with E-state index in [4.69, 9.17) is 5.84 Å². The van der Waals surface area contributed by atoms with Crippen molar-refractivity contribution < 1.29 is 0 Å². The highest BCUT2D eigenvalue weighted by atomic mass is 16.1. The number of aromatic nitrogens is 3. The van der Waals surface area contributed by atoms with Crippen molar-refractivity contribution >= 4 is 11.6 Å². The van der Waals surface area contributed by atoms with Gasteiger partial charge in [0.05, 0.1) is 0 Å². The fourth-order valence-electron chi connectivity index (χ4n) is 2.68. The van der Waals surface area contributed by atoms with Crippen molar-refractivity contribution in [3.63, 3.8) is 0 Å². The molecule has 0 saturated carbocycles. The minimum Gasteiger partial charge on any atom is -0.368 e. The van der Waals surface area contributed by atoms with E-state index in [0.29, 0.717) is 11.6 Å². The average Bonchev–Trinajstić information content (AvgIpc) is 2.53. The summed E-state index contributed by atoms with van der Waals surface area (Å²) in [6, 6.07) is 8.46. The van der Waals surface area contributed by atoms with Gasteiger partial charge in [0.1, 0.15) is 5.69 Å². The maximum atomic E-state index is 11.9. The Morgan fingerprint density at radius 3 is 2.41 bits per heavy atom. The van der Waals surface area contributed by atoms with Crippen LogP contribution in [-0.4, -0.2) is 41.1 Å². The van der Waals surface area contributed by atoms with Crippen LogP contribution >= 0.6 is 0 Å². The van der Waals surface area contributed by atoms with Crippen molar-refractivity contribution in [3.05, 3.63) is 45.9 Å². The number of nitrogens with zero attached hydrogens (tertiary/aromatic N) is 5. The van der Waals surface area contributed by atoms with Gasteiger partial charge in [-0.05, 0) is 31.5 Å². The highest BCUT2D eigenvalue weighted by molar-refractivity contribution is 5.50. The summed E-state index contributed by atoms with van der Waals surface area (Å²) in [5.74, 6) is 6.26. The molecule has 7 heteroatoms. The number of nitrogens with two attached hydrogens (primary N) is 1. The number of anilines is 2. The van der Waals surface area contributed by atoms with Crippen molar-refractivity contribution in [2.45, 2.75) is 13.8 Å². The molecule has 0 spiro atoms. The van der Waals surface area contributed by atoms with E-state index in [1.807, 2.05) is 4.90 Å². The van der Waals surface area contributed by atoms with E-state index in [1.165, 1.54) is 11.3 Å². The predicted molar refractivity (Wildman–Crippen MR) is 86.8 cm³/mol. The van der Waals surface area contributed by atoms with Crippen molar-refractivity contribution in [2.75, 3.05) is 41.8 Å². The van der Waals surface area contributed by atoms with Gasteiger partial charge in [-0.25, -0.2) is 0 Å². The number of benzene rings is 1. The second-order valence-corrected chi connectivity index (χ2v) is 5.57. The Morgan fingerprint density at radius 2 is 1.73 bits per heavy atom. The van der Waals surface area contributed by atoms with Gasteiger partial charge < -0.3 is 15.6 Å². The van der Waals surface area contributed by atoms with Crippen molar-refractivity contribution in [2.24, 2.45) is 0 Å². The largest absolute Gasteiger partial charge is 0.368 e. The molecule has 3 rings (SSSR count). The zero-order valence-corrected chi connectivity index (χ0v) is 12.9. The highest BCUT2D eigenvalue weighted by Crippen LogP contribution is 2.19. The third-order valence-corrected chi connectivity index (χ3v) is 3.96. The van der Waals surface area contributed by atoms with E-state index in [1.54, 1.807) is 6.92 Å². The van der Waals surface area contributed by atoms with Gasteiger partial charge in [-0.15, -0.1) is 10.2 Å². The SMILES string of the molecule is Cc1cccc(N2CCN(c3nnc(C)c(=O)n3N)CC2)c1. The molecule has 1 saturated heterocycles. The molecule has 0 unspecified atom stereocenters. The summed E-state index contributed by atoms with van der Waals surface area (Å²) in [6.45, 7) is 6.91. The molecule has 7 nitrogen and oxygen atoms in total. The summed E-state index contributed by atoms with van der Waals surface area (Å²) in [7, 11) is 0. The number of aryl methyl sites for hydroxylation is 2. The Morgan fingerprint density at radius 1 is 1.05 bits per heavy atom. The van der Waals surface area contributed by atoms with Crippen LogP contribution in [0.4, 0.5) is 11.6 Å². The molecule has 1 aliphatic heterocycles. The van der Waals surface area contributed by atoms with E-state index >= 15 is 0 Å².